The predicted molar refractivity (Wildman–Crippen MR) is 48.5 cm³/mol. The molecule has 0 unspecified atom stereocenters. The largest absolute Gasteiger partial charge is 0.497 e. The molecule has 1 radical (unpaired) electrons. The Labute approximate surface area is 73.1 Å². The minimum Gasteiger partial charge on any atom is -0.497 e. The highest BCUT2D eigenvalue weighted by molar-refractivity contribution is 5.31. The van der Waals surface area contributed by atoms with E-state index < -0.39 is 0 Å². The average Bonchev–Trinajstić information content (AvgIpc) is 2.15. The van der Waals surface area contributed by atoms with Gasteiger partial charge in [-0.25, -0.2) is 0 Å². The highest BCUT2D eigenvalue weighted by Gasteiger charge is 1.92. The molecule has 0 N–H and O–H groups in total. The quantitative estimate of drug-likeness (QED) is 0.681. The maximum Gasteiger partial charge on any atom is 0.119 e. The lowest BCUT2D eigenvalue weighted by molar-refractivity contribution is 0.348. The fourth-order valence-corrected chi connectivity index (χ4v) is 0.852. The fraction of sp³-hybridized carbons (Fsp3) is 0.300. The number of hydrogen-bond donors (Lipinski definition) is 0. The van der Waals surface area contributed by atoms with Crippen LogP contribution in [-0.2, 0) is 0 Å². The molecule has 1 aromatic rings. The van der Waals surface area contributed by atoms with Gasteiger partial charge in [0.15, 0.2) is 0 Å². The Bertz CT molecular complexity index is 216. The van der Waals surface area contributed by atoms with Crippen LogP contribution < -0.4 is 9.47 Å². The third kappa shape index (κ3) is 2.46. The molecule has 0 aliphatic heterocycles. The van der Waals surface area contributed by atoms with Crippen molar-refractivity contribution in [2.45, 2.75) is 6.92 Å². The molecule has 0 saturated heterocycles. The van der Waals surface area contributed by atoms with Crippen LogP contribution in [0.4, 0.5) is 0 Å². The Morgan fingerprint density at radius 3 is 2.25 bits per heavy atom. The summed E-state index contributed by atoms with van der Waals surface area (Å²) in [5.41, 5.74) is 0. The Kier molecular flexibility index (Phi) is 3.45. The average molecular weight is 165 g/mol. The second kappa shape index (κ2) is 4.65. The van der Waals surface area contributed by atoms with E-state index in [0.29, 0.717) is 6.61 Å². The molecule has 0 aromatic heterocycles. The smallest absolute Gasteiger partial charge is 0.119 e. The molecule has 0 atom stereocenters. The van der Waals surface area contributed by atoms with Crippen molar-refractivity contribution in [2.24, 2.45) is 0 Å². The maximum atomic E-state index is 5.34. The van der Waals surface area contributed by atoms with E-state index in [9.17, 15) is 0 Å². The normalized spacial score (nSPS) is 9.50. The van der Waals surface area contributed by atoms with Gasteiger partial charge in [0.1, 0.15) is 11.5 Å². The van der Waals surface area contributed by atoms with E-state index in [0.717, 1.165) is 11.5 Å². The molecule has 0 fully saturated rings. The third-order valence-electron chi connectivity index (χ3n) is 1.48. The van der Waals surface area contributed by atoms with Crippen LogP contribution in [0, 0.1) is 6.42 Å². The van der Waals surface area contributed by atoms with Gasteiger partial charge in [0.2, 0.25) is 0 Å². The van der Waals surface area contributed by atoms with Crippen LogP contribution in [0.1, 0.15) is 6.92 Å². The second-order valence-electron chi connectivity index (χ2n) is 2.39. The van der Waals surface area contributed by atoms with Gasteiger partial charge in [-0.2, -0.15) is 0 Å². The molecule has 0 saturated carbocycles. The third-order valence-corrected chi connectivity index (χ3v) is 1.48. The summed E-state index contributed by atoms with van der Waals surface area (Å²) in [5.74, 6) is 1.72. The molecule has 0 aliphatic carbocycles. The first-order valence-electron chi connectivity index (χ1n) is 3.91. The molecule has 65 valence electrons. The van der Waals surface area contributed by atoms with Crippen LogP contribution >= 0.6 is 0 Å². The van der Waals surface area contributed by atoms with Gasteiger partial charge in [-0.3, -0.25) is 0 Å². The minimum atomic E-state index is 0.645. The molecule has 0 spiro atoms. The van der Waals surface area contributed by atoms with Gasteiger partial charge in [-0.05, 0) is 30.7 Å². The van der Waals surface area contributed by atoms with Gasteiger partial charge in [-0.15, -0.1) is 0 Å². The first-order valence-corrected chi connectivity index (χ1v) is 3.91. The van der Waals surface area contributed by atoms with Crippen LogP contribution in [0.25, 0.3) is 0 Å². The molecule has 1 rings (SSSR count). The molecule has 0 heterocycles. The van der Waals surface area contributed by atoms with E-state index in [-0.39, 0.29) is 0 Å². The van der Waals surface area contributed by atoms with E-state index >= 15 is 0 Å². The van der Waals surface area contributed by atoms with Gasteiger partial charge in [-0.1, -0.05) is 6.92 Å². The summed E-state index contributed by atoms with van der Waals surface area (Å²) in [6.07, 6.45) is 1.96. The van der Waals surface area contributed by atoms with E-state index in [1.54, 1.807) is 7.11 Å². The first kappa shape index (κ1) is 8.91. The van der Waals surface area contributed by atoms with Crippen LogP contribution in [0.5, 0.6) is 11.5 Å². The van der Waals surface area contributed by atoms with Crippen molar-refractivity contribution in [1.82, 2.24) is 0 Å². The summed E-state index contributed by atoms with van der Waals surface area (Å²) in [4.78, 5) is 0. The van der Waals surface area contributed by atoms with Gasteiger partial charge < -0.3 is 9.47 Å². The number of benzene rings is 1. The molecule has 0 amide bonds. The summed E-state index contributed by atoms with van der Waals surface area (Å²) < 4.78 is 10.4. The summed E-state index contributed by atoms with van der Waals surface area (Å²) in [7, 11) is 1.65. The highest BCUT2D eigenvalue weighted by atomic mass is 16.5. The molecule has 2 nitrogen and oxygen atoms in total. The topological polar surface area (TPSA) is 18.5 Å². The summed E-state index contributed by atoms with van der Waals surface area (Å²) in [6, 6.07) is 7.54. The zero-order valence-electron chi connectivity index (χ0n) is 7.41. The SMILES string of the molecule is C[CH]COc1ccc(OC)cc1. The lowest BCUT2D eigenvalue weighted by Gasteiger charge is -2.04. The number of rotatable bonds is 4. The zero-order valence-corrected chi connectivity index (χ0v) is 7.41. The second-order valence-corrected chi connectivity index (χ2v) is 2.39. The zero-order chi connectivity index (χ0) is 8.81. The van der Waals surface area contributed by atoms with Gasteiger partial charge in [0.05, 0.1) is 13.7 Å². The molecule has 2 heteroatoms. The van der Waals surface area contributed by atoms with Gasteiger partial charge in [0.25, 0.3) is 0 Å². The Morgan fingerprint density at radius 2 is 1.75 bits per heavy atom. The van der Waals surface area contributed by atoms with Crippen LogP contribution in [-0.4, -0.2) is 13.7 Å². The number of methoxy groups -OCH3 is 1. The van der Waals surface area contributed by atoms with E-state index in [4.69, 9.17) is 9.47 Å². The van der Waals surface area contributed by atoms with E-state index in [1.165, 1.54) is 0 Å². The minimum absolute atomic E-state index is 0.645. The summed E-state index contributed by atoms with van der Waals surface area (Å²) in [5, 5.41) is 0. The van der Waals surface area contributed by atoms with Gasteiger partial charge >= 0.3 is 0 Å². The van der Waals surface area contributed by atoms with Crippen molar-refractivity contribution in [3.63, 3.8) is 0 Å². The standard InChI is InChI=1S/C10H13O2/c1-3-8-12-10-6-4-9(11-2)5-7-10/h3-7H,8H2,1-2H3. The molecular formula is C10H13O2. The van der Waals surface area contributed by atoms with Crippen molar-refractivity contribution in [2.75, 3.05) is 13.7 Å². The predicted octanol–water partition coefficient (Wildman–Crippen LogP) is 2.30. The fourth-order valence-electron chi connectivity index (χ4n) is 0.852. The Hall–Kier alpha value is -1.18. The van der Waals surface area contributed by atoms with Crippen LogP contribution in [0.3, 0.4) is 0 Å². The molecule has 0 aliphatic rings. The Morgan fingerprint density at radius 1 is 1.17 bits per heavy atom. The Balaban J connectivity index is 2.53. The lowest BCUT2D eigenvalue weighted by Crippen LogP contribution is -1.95. The monoisotopic (exact) mass is 165 g/mol. The summed E-state index contributed by atoms with van der Waals surface area (Å²) in [6.45, 7) is 2.61. The molecule has 1 aromatic carbocycles. The van der Waals surface area contributed by atoms with Crippen LogP contribution in [0.2, 0.25) is 0 Å². The highest BCUT2D eigenvalue weighted by Crippen LogP contribution is 2.16. The lowest BCUT2D eigenvalue weighted by atomic mass is 10.3. The van der Waals surface area contributed by atoms with E-state index in [1.807, 2.05) is 37.6 Å². The van der Waals surface area contributed by atoms with Crippen molar-refractivity contribution < 1.29 is 9.47 Å². The van der Waals surface area contributed by atoms with Crippen molar-refractivity contribution in [3.05, 3.63) is 30.7 Å². The molecular weight excluding hydrogens is 152 g/mol. The van der Waals surface area contributed by atoms with Crippen molar-refractivity contribution in [1.29, 1.82) is 0 Å². The van der Waals surface area contributed by atoms with Crippen LogP contribution in [0.15, 0.2) is 24.3 Å². The number of ether oxygens (including phenoxy) is 2. The first-order chi connectivity index (χ1) is 5.86. The van der Waals surface area contributed by atoms with Crippen molar-refractivity contribution >= 4 is 0 Å². The number of hydrogen-bond acceptors (Lipinski definition) is 2. The maximum absolute atomic E-state index is 5.34. The van der Waals surface area contributed by atoms with Gasteiger partial charge in [0, 0.05) is 0 Å². The van der Waals surface area contributed by atoms with Crippen molar-refractivity contribution in [3.8, 4) is 11.5 Å². The summed E-state index contributed by atoms with van der Waals surface area (Å²) >= 11 is 0. The van der Waals surface area contributed by atoms with E-state index in [2.05, 4.69) is 0 Å². The molecule has 12 heavy (non-hydrogen) atoms. The molecule has 0 bridgehead atoms.